The number of hydrogen-bond acceptors (Lipinski definition) is 4. The zero-order valence-corrected chi connectivity index (χ0v) is 16.4. The van der Waals surface area contributed by atoms with E-state index in [1.54, 1.807) is 11.4 Å². The number of hydrogen-bond donors (Lipinski definition) is 1. The Labute approximate surface area is 167 Å². The van der Waals surface area contributed by atoms with Crippen molar-refractivity contribution in [3.8, 4) is 0 Å². The molecule has 6 nitrogen and oxygen atoms in total. The second-order valence-electron chi connectivity index (χ2n) is 6.94. The predicted molar refractivity (Wildman–Crippen MR) is 105 cm³/mol. The monoisotopic (exact) mass is 425 g/mol. The summed E-state index contributed by atoms with van der Waals surface area (Å²) in [7, 11) is 0. The number of amides is 1. The Kier molecular flexibility index (Phi) is 5.65. The first-order valence-electron chi connectivity index (χ1n) is 8.76. The van der Waals surface area contributed by atoms with Gasteiger partial charge in [-0.3, -0.25) is 18.7 Å². The van der Waals surface area contributed by atoms with Gasteiger partial charge in [0.05, 0.1) is 11.1 Å². The molecule has 29 heavy (non-hydrogen) atoms. The fourth-order valence-electron chi connectivity index (χ4n) is 2.93. The Hall–Kier alpha value is -2.88. The van der Waals surface area contributed by atoms with E-state index in [0.29, 0.717) is 10.2 Å². The summed E-state index contributed by atoms with van der Waals surface area (Å²) in [5, 5.41) is 4.02. The zero-order valence-electron chi connectivity index (χ0n) is 15.6. The van der Waals surface area contributed by atoms with Gasteiger partial charge in [-0.1, -0.05) is 19.9 Å². The Morgan fingerprint density at radius 2 is 1.90 bits per heavy atom. The van der Waals surface area contributed by atoms with Crippen LogP contribution < -0.4 is 16.6 Å². The van der Waals surface area contributed by atoms with Crippen molar-refractivity contribution in [2.45, 2.75) is 33.1 Å². The SMILES string of the molecule is CC(C)Cn1c(=O)c2sccc2n(CC(=O)Nc2cccc(C(F)(F)F)c2)c1=O. The average molecular weight is 425 g/mol. The third-order valence-electron chi connectivity index (χ3n) is 4.16. The molecular formula is C19H18F3N3O3S. The van der Waals surface area contributed by atoms with Crippen LogP contribution in [0.5, 0.6) is 0 Å². The maximum absolute atomic E-state index is 12.8. The predicted octanol–water partition coefficient (Wildman–Crippen LogP) is 3.54. The van der Waals surface area contributed by atoms with Crippen LogP contribution in [0.2, 0.25) is 0 Å². The Morgan fingerprint density at radius 3 is 2.55 bits per heavy atom. The number of thiophene rings is 1. The highest BCUT2D eigenvalue weighted by Crippen LogP contribution is 2.30. The van der Waals surface area contributed by atoms with Gasteiger partial charge in [0.15, 0.2) is 0 Å². The third kappa shape index (κ3) is 4.42. The number of nitrogens with zero attached hydrogens (tertiary/aromatic N) is 2. The molecule has 2 heterocycles. The summed E-state index contributed by atoms with van der Waals surface area (Å²) >= 11 is 1.16. The van der Waals surface area contributed by atoms with Gasteiger partial charge >= 0.3 is 11.9 Å². The van der Waals surface area contributed by atoms with Crippen molar-refractivity contribution < 1.29 is 18.0 Å². The van der Waals surface area contributed by atoms with Crippen LogP contribution in [-0.4, -0.2) is 15.0 Å². The number of benzene rings is 1. The maximum Gasteiger partial charge on any atom is 0.416 e. The van der Waals surface area contributed by atoms with Crippen molar-refractivity contribution >= 4 is 33.1 Å². The highest BCUT2D eigenvalue weighted by atomic mass is 32.1. The number of anilines is 1. The molecule has 0 saturated carbocycles. The van der Waals surface area contributed by atoms with E-state index < -0.39 is 35.4 Å². The summed E-state index contributed by atoms with van der Waals surface area (Å²) in [5.41, 5.74) is -1.64. The molecule has 0 aliphatic heterocycles. The third-order valence-corrected chi connectivity index (χ3v) is 5.05. The molecule has 3 rings (SSSR count). The van der Waals surface area contributed by atoms with Crippen molar-refractivity contribution in [1.29, 1.82) is 0 Å². The standard InChI is InChI=1S/C19H18F3N3O3S/c1-11(2)9-25-17(27)16-14(6-7-29-16)24(18(25)28)10-15(26)23-13-5-3-4-12(8-13)19(20,21)22/h3-8,11H,9-10H2,1-2H3,(H,23,26). The highest BCUT2D eigenvalue weighted by molar-refractivity contribution is 7.17. The molecule has 0 unspecified atom stereocenters. The number of nitrogens with one attached hydrogen (secondary N) is 1. The molecule has 1 amide bonds. The summed E-state index contributed by atoms with van der Waals surface area (Å²) < 4.78 is 41.1. The molecule has 1 aromatic carbocycles. The molecular weight excluding hydrogens is 407 g/mol. The van der Waals surface area contributed by atoms with Gasteiger partial charge in [0, 0.05) is 12.2 Å². The lowest BCUT2D eigenvalue weighted by atomic mass is 10.2. The van der Waals surface area contributed by atoms with Gasteiger partial charge in [-0.15, -0.1) is 11.3 Å². The molecule has 2 aromatic heterocycles. The Morgan fingerprint density at radius 1 is 1.17 bits per heavy atom. The van der Waals surface area contributed by atoms with Crippen molar-refractivity contribution in [2.24, 2.45) is 5.92 Å². The number of carbonyl (C=O) groups is 1. The van der Waals surface area contributed by atoms with Crippen molar-refractivity contribution in [3.05, 3.63) is 62.1 Å². The molecule has 0 fully saturated rings. The quantitative estimate of drug-likeness (QED) is 0.680. The van der Waals surface area contributed by atoms with E-state index in [1.807, 2.05) is 13.8 Å². The fourth-order valence-corrected chi connectivity index (χ4v) is 3.77. The number of alkyl halides is 3. The summed E-state index contributed by atoms with van der Waals surface area (Å²) in [5.74, 6) is -0.640. The topological polar surface area (TPSA) is 73.1 Å². The number of fused-ring (bicyclic) bond motifs is 1. The van der Waals surface area contributed by atoms with Gasteiger partial charge in [0.25, 0.3) is 5.56 Å². The molecule has 10 heteroatoms. The minimum atomic E-state index is -4.53. The fraction of sp³-hybridized carbons (Fsp3) is 0.316. The van der Waals surface area contributed by atoms with E-state index in [9.17, 15) is 27.6 Å². The van der Waals surface area contributed by atoms with Crippen molar-refractivity contribution in [1.82, 2.24) is 9.13 Å². The van der Waals surface area contributed by atoms with E-state index in [1.165, 1.54) is 16.7 Å². The van der Waals surface area contributed by atoms with Crippen LogP contribution in [-0.2, 0) is 24.1 Å². The van der Waals surface area contributed by atoms with Gasteiger partial charge in [-0.2, -0.15) is 13.2 Å². The van der Waals surface area contributed by atoms with Crippen LogP contribution in [0.4, 0.5) is 18.9 Å². The van der Waals surface area contributed by atoms with Gasteiger partial charge in [0.1, 0.15) is 11.2 Å². The summed E-state index contributed by atoms with van der Waals surface area (Å²) in [6, 6.07) is 5.80. The molecule has 0 spiro atoms. The minimum Gasteiger partial charge on any atom is -0.325 e. The molecule has 0 aliphatic rings. The maximum atomic E-state index is 12.8. The van der Waals surface area contributed by atoms with E-state index in [-0.39, 0.29) is 18.2 Å². The van der Waals surface area contributed by atoms with Crippen LogP contribution in [0.1, 0.15) is 19.4 Å². The van der Waals surface area contributed by atoms with Crippen LogP contribution in [0.15, 0.2) is 45.3 Å². The summed E-state index contributed by atoms with van der Waals surface area (Å²) in [6.45, 7) is 3.48. The van der Waals surface area contributed by atoms with Crippen LogP contribution in [0, 0.1) is 5.92 Å². The summed E-state index contributed by atoms with van der Waals surface area (Å²) in [4.78, 5) is 37.8. The molecule has 3 aromatic rings. The molecule has 0 atom stereocenters. The Bertz CT molecular complexity index is 1180. The van der Waals surface area contributed by atoms with Crippen LogP contribution in [0.25, 0.3) is 10.2 Å². The van der Waals surface area contributed by atoms with E-state index in [4.69, 9.17) is 0 Å². The lowest BCUT2D eigenvalue weighted by Gasteiger charge is -2.14. The second kappa shape index (κ2) is 7.86. The number of carbonyl (C=O) groups excluding carboxylic acids is 1. The lowest BCUT2D eigenvalue weighted by Crippen LogP contribution is -2.42. The number of rotatable bonds is 5. The van der Waals surface area contributed by atoms with Crippen molar-refractivity contribution in [2.75, 3.05) is 5.32 Å². The molecule has 0 saturated heterocycles. The highest BCUT2D eigenvalue weighted by Gasteiger charge is 2.30. The zero-order chi connectivity index (χ0) is 21.3. The average Bonchev–Trinajstić information content (AvgIpc) is 3.11. The number of aromatic nitrogens is 2. The first kappa shape index (κ1) is 20.8. The van der Waals surface area contributed by atoms with Gasteiger partial charge in [-0.05, 0) is 35.6 Å². The van der Waals surface area contributed by atoms with Gasteiger partial charge < -0.3 is 5.32 Å². The molecule has 0 bridgehead atoms. The van der Waals surface area contributed by atoms with Crippen LogP contribution in [0.3, 0.4) is 0 Å². The first-order chi connectivity index (χ1) is 13.6. The molecule has 0 radical (unpaired) electrons. The van der Waals surface area contributed by atoms with Gasteiger partial charge in [-0.25, -0.2) is 4.79 Å². The summed E-state index contributed by atoms with van der Waals surface area (Å²) in [6.07, 6.45) is -4.53. The van der Waals surface area contributed by atoms with E-state index >= 15 is 0 Å². The molecule has 154 valence electrons. The van der Waals surface area contributed by atoms with Crippen LogP contribution >= 0.6 is 11.3 Å². The van der Waals surface area contributed by atoms with E-state index in [2.05, 4.69) is 5.32 Å². The number of halogens is 3. The first-order valence-corrected chi connectivity index (χ1v) is 9.64. The second-order valence-corrected chi connectivity index (χ2v) is 7.86. The smallest absolute Gasteiger partial charge is 0.325 e. The largest absolute Gasteiger partial charge is 0.416 e. The lowest BCUT2D eigenvalue weighted by molar-refractivity contribution is -0.137. The van der Waals surface area contributed by atoms with E-state index in [0.717, 1.165) is 28.0 Å². The Balaban J connectivity index is 1.94. The van der Waals surface area contributed by atoms with Crippen molar-refractivity contribution in [3.63, 3.8) is 0 Å². The minimum absolute atomic E-state index is 0.0325. The normalized spacial score (nSPS) is 11.9. The molecule has 1 N–H and O–H groups in total. The van der Waals surface area contributed by atoms with Gasteiger partial charge in [0.2, 0.25) is 5.91 Å². The molecule has 0 aliphatic carbocycles.